The van der Waals surface area contributed by atoms with E-state index in [9.17, 15) is 0 Å². The van der Waals surface area contributed by atoms with E-state index in [0.29, 0.717) is 24.8 Å². The van der Waals surface area contributed by atoms with Crippen molar-refractivity contribution in [2.75, 3.05) is 20.2 Å². The second-order valence-corrected chi connectivity index (χ2v) is 4.03. The largest absolute Gasteiger partial charge is 0.483 e. The van der Waals surface area contributed by atoms with Gasteiger partial charge in [0.05, 0.1) is 0 Å². The van der Waals surface area contributed by atoms with Gasteiger partial charge < -0.3 is 14.8 Å². The van der Waals surface area contributed by atoms with Crippen LogP contribution in [0.1, 0.15) is 5.56 Å². The third-order valence-corrected chi connectivity index (χ3v) is 2.56. The van der Waals surface area contributed by atoms with Gasteiger partial charge in [-0.25, -0.2) is 4.98 Å². The predicted octanol–water partition coefficient (Wildman–Crippen LogP) is 2.26. The third kappa shape index (κ3) is 4.26. The first kappa shape index (κ1) is 13.4. The summed E-state index contributed by atoms with van der Waals surface area (Å²) < 4.78 is 11.3. The summed E-state index contributed by atoms with van der Waals surface area (Å²) in [5.74, 6) is 1.20. The fraction of sp³-hybridized carbons (Fsp3) is 0.267. The van der Waals surface area contributed by atoms with Gasteiger partial charge in [0.25, 0.3) is 5.88 Å². The standard InChI is InChI=1S/C15H18N2O2/c1-16-10-11-18-15-14(8-5-9-17-15)19-12-13-6-3-2-4-7-13/h2-9,16H,10-12H2,1H3. The maximum atomic E-state index is 5.75. The molecule has 0 fully saturated rings. The van der Waals surface area contributed by atoms with Crippen molar-refractivity contribution in [3.8, 4) is 11.6 Å². The lowest BCUT2D eigenvalue weighted by Crippen LogP contribution is -2.16. The van der Waals surface area contributed by atoms with Gasteiger partial charge in [-0.05, 0) is 24.7 Å². The van der Waals surface area contributed by atoms with Crippen LogP contribution in [0, 0.1) is 0 Å². The zero-order valence-corrected chi connectivity index (χ0v) is 11.0. The summed E-state index contributed by atoms with van der Waals surface area (Å²) in [4.78, 5) is 4.19. The van der Waals surface area contributed by atoms with Crippen molar-refractivity contribution in [1.29, 1.82) is 0 Å². The summed E-state index contributed by atoms with van der Waals surface area (Å²) in [6.07, 6.45) is 1.70. The molecule has 0 amide bonds. The zero-order chi connectivity index (χ0) is 13.3. The lowest BCUT2D eigenvalue weighted by atomic mass is 10.2. The van der Waals surface area contributed by atoms with Crippen molar-refractivity contribution >= 4 is 0 Å². The number of hydrogen-bond acceptors (Lipinski definition) is 4. The molecule has 0 bridgehead atoms. The van der Waals surface area contributed by atoms with Gasteiger partial charge in [0.2, 0.25) is 0 Å². The van der Waals surface area contributed by atoms with E-state index in [1.165, 1.54) is 0 Å². The van der Waals surface area contributed by atoms with Crippen LogP contribution in [0.3, 0.4) is 0 Å². The number of aromatic nitrogens is 1. The minimum atomic E-state index is 0.509. The SMILES string of the molecule is CNCCOc1ncccc1OCc1ccccc1. The lowest BCUT2D eigenvalue weighted by Gasteiger charge is -2.11. The summed E-state index contributed by atoms with van der Waals surface area (Å²) in [7, 11) is 1.88. The molecule has 4 nitrogen and oxygen atoms in total. The molecule has 0 saturated carbocycles. The number of likely N-dealkylation sites (N-methyl/N-ethyl adjacent to an activating group) is 1. The Kier molecular flexibility index (Phi) is 5.19. The third-order valence-electron chi connectivity index (χ3n) is 2.56. The summed E-state index contributed by atoms with van der Waals surface area (Å²) in [5.41, 5.74) is 1.12. The molecule has 1 aromatic heterocycles. The van der Waals surface area contributed by atoms with E-state index in [1.807, 2.05) is 49.5 Å². The monoisotopic (exact) mass is 258 g/mol. The molecule has 100 valence electrons. The van der Waals surface area contributed by atoms with Gasteiger partial charge in [0, 0.05) is 12.7 Å². The van der Waals surface area contributed by atoms with Crippen molar-refractivity contribution in [3.63, 3.8) is 0 Å². The molecular formula is C15H18N2O2. The molecule has 1 heterocycles. The van der Waals surface area contributed by atoms with E-state index in [4.69, 9.17) is 9.47 Å². The van der Waals surface area contributed by atoms with Crippen molar-refractivity contribution in [1.82, 2.24) is 10.3 Å². The van der Waals surface area contributed by atoms with Gasteiger partial charge in [-0.3, -0.25) is 0 Å². The molecule has 1 N–H and O–H groups in total. The molecule has 0 unspecified atom stereocenters. The smallest absolute Gasteiger partial charge is 0.257 e. The van der Waals surface area contributed by atoms with Crippen LogP contribution in [0.4, 0.5) is 0 Å². The highest BCUT2D eigenvalue weighted by Crippen LogP contribution is 2.24. The normalized spacial score (nSPS) is 10.2. The van der Waals surface area contributed by atoms with E-state index in [0.717, 1.165) is 12.1 Å². The second-order valence-electron chi connectivity index (χ2n) is 4.03. The quantitative estimate of drug-likeness (QED) is 0.774. The molecule has 0 atom stereocenters. The number of nitrogens with zero attached hydrogens (tertiary/aromatic N) is 1. The Hall–Kier alpha value is -2.07. The van der Waals surface area contributed by atoms with E-state index in [1.54, 1.807) is 6.20 Å². The van der Waals surface area contributed by atoms with Crippen LogP contribution in [0.5, 0.6) is 11.6 Å². The summed E-state index contributed by atoms with van der Waals surface area (Å²) >= 11 is 0. The van der Waals surface area contributed by atoms with Gasteiger partial charge in [-0.1, -0.05) is 30.3 Å². The van der Waals surface area contributed by atoms with Gasteiger partial charge in [0.1, 0.15) is 13.2 Å². The zero-order valence-electron chi connectivity index (χ0n) is 11.0. The Bertz CT molecular complexity index is 489. The van der Waals surface area contributed by atoms with E-state index < -0.39 is 0 Å². The van der Waals surface area contributed by atoms with E-state index >= 15 is 0 Å². The minimum Gasteiger partial charge on any atom is -0.483 e. The van der Waals surface area contributed by atoms with Crippen LogP contribution in [0.2, 0.25) is 0 Å². The van der Waals surface area contributed by atoms with Crippen molar-refractivity contribution < 1.29 is 9.47 Å². The number of benzene rings is 1. The average molecular weight is 258 g/mol. The highest BCUT2D eigenvalue weighted by Gasteiger charge is 2.05. The topological polar surface area (TPSA) is 43.4 Å². The van der Waals surface area contributed by atoms with Gasteiger partial charge >= 0.3 is 0 Å². The van der Waals surface area contributed by atoms with Gasteiger partial charge in [-0.2, -0.15) is 0 Å². The highest BCUT2D eigenvalue weighted by molar-refractivity contribution is 5.32. The Balaban J connectivity index is 1.95. The molecule has 19 heavy (non-hydrogen) atoms. The number of pyridine rings is 1. The Morgan fingerprint density at radius 2 is 1.89 bits per heavy atom. The van der Waals surface area contributed by atoms with Crippen molar-refractivity contribution in [2.45, 2.75) is 6.61 Å². The molecule has 0 aliphatic heterocycles. The molecule has 0 aliphatic rings. The molecule has 0 radical (unpaired) electrons. The van der Waals surface area contributed by atoms with Gasteiger partial charge in [0.15, 0.2) is 5.75 Å². The van der Waals surface area contributed by atoms with Crippen LogP contribution < -0.4 is 14.8 Å². The molecule has 0 aliphatic carbocycles. The Morgan fingerprint density at radius 1 is 1.05 bits per heavy atom. The molecule has 1 aromatic carbocycles. The summed E-state index contributed by atoms with van der Waals surface area (Å²) in [6.45, 7) is 1.85. The maximum absolute atomic E-state index is 5.75. The number of ether oxygens (including phenoxy) is 2. The van der Waals surface area contributed by atoms with Gasteiger partial charge in [-0.15, -0.1) is 0 Å². The van der Waals surface area contributed by atoms with Crippen LogP contribution in [0.15, 0.2) is 48.7 Å². The Morgan fingerprint density at radius 3 is 2.68 bits per heavy atom. The first-order valence-electron chi connectivity index (χ1n) is 6.29. The molecule has 4 heteroatoms. The minimum absolute atomic E-state index is 0.509. The van der Waals surface area contributed by atoms with E-state index in [-0.39, 0.29) is 0 Å². The molecule has 0 spiro atoms. The maximum Gasteiger partial charge on any atom is 0.257 e. The summed E-state index contributed by atoms with van der Waals surface area (Å²) in [6, 6.07) is 13.7. The average Bonchev–Trinajstić information content (AvgIpc) is 2.48. The van der Waals surface area contributed by atoms with Crippen molar-refractivity contribution in [3.05, 3.63) is 54.2 Å². The first-order valence-corrected chi connectivity index (χ1v) is 6.29. The van der Waals surface area contributed by atoms with Crippen LogP contribution >= 0.6 is 0 Å². The molecular weight excluding hydrogens is 240 g/mol. The Labute approximate surface area is 113 Å². The fourth-order valence-electron chi connectivity index (χ4n) is 1.58. The van der Waals surface area contributed by atoms with E-state index in [2.05, 4.69) is 10.3 Å². The first-order chi connectivity index (χ1) is 9.40. The number of nitrogens with one attached hydrogen (secondary N) is 1. The van der Waals surface area contributed by atoms with Crippen molar-refractivity contribution in [2.24, 2.45) is 0 Å². The lowest BCUT2D eigenvalue weighted by molar-refractivity contribution is 0.254. The highest BCUT2D eigenvalue weighted by atomic mass is 16.5. The van der Waals surface area contributed by atoms with Crippen LogP contribution in [-0.2, 0) is 6.61 Å². The molecule has 2 rings (SSSR count). The number of hydrogen-bond donors (Lipinski definition) is 1. The predicted molar refractivity (Wildman–Crippen MR) is 74.4 cm³/mol. The fourth-order valence-corrected chi connectivity index (χ4v) is 1.58. The van der Waals surface area contributed by atoms with Crippen LogP contribution in [0.25, 0.3) is 0 Å². The summed E-state index contributed by atoms with van der Waals surface area (Å²) in [5, 5.41) is 3.02. The van der Waals surface area contributed by atoms with Crippen LogP contribution in [-0.4, -0.2) is 25.2 Å². The second kappa shape index (κ2) is 7.38. The number of rotatable bonds is 7. The molecule has 0 saturated heterocycles. The molecule has 2 aromatic rings.